The molecule has 0 unspecified atom stereocenters. The van der Waals surface area contributed by atoms with E-state index in [0.29, 0.717) is 24.6 Å². The lowest BCUT2D eigenvalue weighted by molar-refractivity contribution is 0.0779. The molecule has 2 aromatic carbocycles. The number of aliphatic hydroxyl groups is 1. The Balaban J connectivity index is 1.72. The van der Waals surface area contributed by atoms with E-state index in [0.717, 1.165) is 23.4 Å². The van der Waals surface area contributed by atoms with Crippen molar-refractivity contribution in [3.8, 4) is 16.9 Å². The Labute approximate surface area is 161 Å². The maximum atomic E-state index is 12.9. The molecule has 2 aromatic rings. The number of rotatable bonds is 6. The van der Waals surface area contributed by atoms with E-state index in [1.165, 1.54) is 0 Å². The summed E-state index contributed by atoms with van der Waals surface area (Å²) in [6.07, 6.45) is 0. The molecule has 1 aliphatic heterocycles. The van der Waals surface area contributed by atoms with Crippen molar-refractivity contribution in [2.45, 2.75) is 0 Å². The lowest BCUT2D eigenvalue weighted by atomic mass is 9.97. The molecule has 0 aromatic heterocycles. The molecule has 5 nitrogen and oxygen atoms in total. The second kappa shape index (κ2) is 8.55. The van der Waals surface area contributed by atoms with Crippen LogP contribution in [0.5, 0.6) is 5.75 Å². The molecule has 0 spiro atoms. The Morgan fingerprint density at radius 3 is 2.44 bits per heavy atom. The highest BCUT2D eigenvalue weighted by Crippen LogP contribution is 2.27. The van der Waals surface area contributed by atoms with Crippen molar-refractivity contribution in [2.75, 3.05) is 47.4 Å². The Hall–Kier alpha value is -2.37. The zero-order valence-corrected chi connectivity index (χ0v) is 16.3. The van der Waals surface area contributed by atoms with Crippen molar-refractivity contribution < 1.29 is 14.6 Å². The van der Waals surface area contributed by atoms with Crippen LogP contribution in [0.15, 0.2) is 48.5 Å². The summed E-state index contributed by atoms with van der Waals surface area (Å²) in [6, 6.07) is 15.6. The number of methoxy groups -OCH3 is 1. The SMILES string of the molecule is COc1cccc(-c2ccc(C(=O)N3C[C@@H](CN(C)C)[C@@H](CO)C3)cc2)c1. The molecule has 0 aliphatic carbocycles. The molecule has 0 radical (unpaired) electrons. The zero-order chi connectivity index (χ0) is 19.4. The van der Waals surface area contributed by atoms with Crippen molar-refractivity contribution >= 4 is 5.91 Å². The summed E-state index contributed by atoms with van der Waals surface area (Å²) >= 11 is 0. The maximum absolute atomic E-state index is 12.9. The molecule has 1 aliphatic rings. The number of carbonyl (C=O) groups excluding carboxylic acids is 1. The van der Waals surface area contributed by atoms with Gasteiger partial charge < -0.3 is 19.6 Å². The summed E-state index contributed by atoms with van der Waals surface area (Å²) in [5, 5.41) is 9.66. The molecule has 2 atom stereocenters. The van der Waals surface area contributed by atoms with E-state index in [1.54, 1.807) is 7.11 Å². The van der Waals surface area contributed by atoms with E-state index in [4.69, 9.17) is 4.74 Å². The van der Waals surface area contributed by atoms with Gasteiger partial charge in [-0.3, -0.25) is 4.79 Å². The number of carbonyl (C=O) groups is 1. The van der Waals surface area contributed by atoms with Crippen LogP contribution in [0, 0.1) is 11.8 Å². The Morgan fingerprint density at radius 2 is 1.81 bits per heavy atom. The number of aliphatic hydroxyl groups excluding tert-OH is 1. The zero-order valence-electron chi connectivity index (χ0n) is 16.3. The largest absolute Gasteiger partial charge is 0.497 e. The molecule has 144 valence electrons. The lowest BCUT2D eigenvalue weighted by Crippen LogP contribution is -2.30. The first-order valence-electron chi connectivity index (χ1n) is 9.31. The number of likely N-dealkylation sites (tertiary alicyclic amines) is 1. The number of amides is 1. The summed E-state index contributed by atoms with van der Waals surface area (Å²) in [7, 11) is 5.70. The molecular formula is C22H28N2O3. The average Bonchev–Trinajstić information content (AvgIpc) is 3.09. The van der Waals surface area contributed by atoms with Crippen molar-refractivity contribution in [1.29, 1.82) is 0 Å². The third-order valence-corrected chi connectivity index (χ3v) is 5.23. The molecule has 3 rings (SSSR count). The first-order chi connectivity index (χ1) is 13.0. The van der Waals surface area contributed by atoms with Crippen molar-refractivity contribution in [3.63, 3.8) is 0 Å². The molecule has 1 fully saturated rings. The highest BCUT2D eigenvalue weighted by Gasteiger charge is 2.35. The summed E-state index contributed by atoms with van der Waals surface area (Å²) in [6.45, 7) is 2.31. The van der Waals surface area contributed by atoms with Gasteiger partial charge in [-0.2, -0.15) is 0 Å². The topological polar surface area (TPSA) is 53.0 Å². The number of hydrogen-bond acceptors (Lipinski definition) is 4. The van der Waals surface area contributed by atoms with Gasteiger partial charge in [-0.1, -0.05) is 24.3 Å². The minimum absolute atomic E-state index is 0.0342. The summed E-state index contributed by atoms with van der Waals surface area (Å²) in [5.74, 6) is 1.30. The van der Waals surface area contributed by atoms with Gasteiger partial charge in [0.1, 0.15) is 5.75 Å². The second-order valence-electron chi connectivity index (χ2n) is 7.48. The molecular weight excluding hydrogens is 340 g/mol. The summed E-state index contributed by atoms with van der Waals surface area (Å²) in [4.78, 5) is 16.9. The smallest absolute Gasteiger partial charge is 0.253 e. The molecule has 0 bridgehead atoms. The first kappa shape index (κ1) is 19.4. The predicted octanol–water partition coefficient (Wildman–Crippen LogP) is 2.60. The van der Waals surface area contributed by atoms with E-state index in [1.807, 2.05) is 67.5 Å². The number of hydrogen-bond donors (Lipinski definition) is 1. The normalized spacial score (nSPS) is 19.5. The van der Waals surface area contributed by atoms with Gasteiger partial charge in [-0.25, -0.2) is 0 Å². The fourth-order valence-electron chi connectivity index (χ4n) is 3.78. The Morgan fingerprint density at radius 1 is 1.11 bits per heavy atom. The fraction of sp³-hybridized carbons (Fsp3) is 0.409. The van der Waals surface area contributed by atoms with Crippen LogP contribution in [0.4, 0.5) is 0 Å². The van der Waals surface area contributed by atoms with Gasteiger partial charge in [-0.15, -0.1) is 0 Å². The van der Waals surface area contributed by atoms with Gasteiger partial charge in [0, 0.05) is 37.7 Å². The molecule has 1 saturated heterocycles. The second-order valence-corrected chi connectivity index (χ2v) is 7.48. The average molecular weight is 368 g/mol. The summed E-state index contributed by atoms with van der Waals surface area (Å²) < 4.78 is 5.28. The van der Waals surface area contributed by atoms with Crippen LogP contribution in [0.3, 0.4) is 0 Å². The van der Waals surface area contributed by atoms with E-state index in [2.05, 4.69) is 4.90 Å². The third kappa shape index (κ3) is 4.49. The van der Waals surface area contributed by atoms with Crippen LogP contribution in [0.25, 0.3) is 11.1 Å². The van der Waals surface area contributed by atoms with E-state index in [-0.39, 0.29) is 18.4 Å². The van der Waals surface area contributed by atoms with Gasteiger partial charge >= 0.3 is 0 Å². The predicted molar refractivity (Wildman–Crippen MR) is 107 cm³/mol. The van der Waals surface area contributed by atoms with Crippen molar-refractivity contribution in [1.82, 2.24) is 9.80 Å². The van der Waals surface area contributed by atoms with Crippen LogP contribution in [-0.4, -0.2) is 68.3 Å². The molecule has 27 heavy (non-hydrogen) atoms. The fourth-order valence-corrected chi connectivity index (χ4v) is 3.78. The molecule has 0 saturated carbocycles. The van der Waals surface area contributed by atoms with Crippen LogP contribution < -0.4 is 4.74 Å². The minimum Gasteiger partial charge on any atom is -0.497 e. The van der Waals surface area contributed by atoms with Crippen LogP contribution in [-0.2, 0) is 0 Å². The minimum atomic E-state index is 0.0342. The molecule has 1 heterocycles. The number of benzene rings is 2. The van der Waals surface area contributed by atoms with Crippen molar-refractivity contribution in [2.24, 2.45) is 11.8 Å². The summed E-state index contributed by atoms with van der Waals surface area (Å²) in [5.41, 5.74) is 2.79. The molecule has 1 amide bonds. The van der Waals surface area contributed by atoms with Gasteiger partial charge in [0.15, 0.2) is 0 Å². The third-order valence-electron chi connectivity index (χ3n) is 5.23. The standard InChI is InChI=1S/C22H28N2O3/c1-23(2)12-19-13-24(14-20(19)15-25)22(26)17-9-7-16(8-10-17)18-5-4-6-21(11-18)27-3/h4-11,19-20,25H,12-15H2,1-3H3/t19-,20-/m1/s1. The number of ether oxygens (including phenoxy) is 1. The Bertz CT molecular complexity index is 773. The highest BCUT2D eigenvalue weighted by molar-refractivity contribution is 5.95. The number of nitrogens with zero attached hydrogens (tertiary/aromatic N) is 2. The highest BCUT2D eigenvalue weighted by atomic mass is 16.5. The van der Waals surface area contributed by atoms with Gasteiger partial charge in [0.25, 0.3) is 5.91 Å². The monoisotopic (exact) mass is 368 g/mol. The molecule has 5 heteroatoms. The van der Waals surface area contributed by atoms with E-state index < -0.39 is 0 Å². The van der Waals surface area contributed by atoms with Crippen LogP contribution >= 0.6 is 0 Å². The van der Waals surface area contributed by atoms with Gasteiger partial charge in [0.05, 0.1) is 7.11 Å². The van der Waals surface area contributed by atoms with E-state index in [9.17, 15) is 9.90 Å². The molecule has 1 N–H and O–H groups in total. The van der Waals surface area contributed by atoms with Gasteiger partial charge in [-0.05, 0) is 55.4 Å². The van der Waals surface area contributed by atoms with E-state index >= 15 is 0 Å². The van der Waals surface area contributed by atoms with Crippen molar-refractivity contribution in [3.05, 3.63) is 54.1 Å². The first-order valence-corrected chi connectivity index (χ1v) is 9.31. The quantitative estimate of drug-likeness (QED) is 0.852. The maximum Gasteiger partial charge on any atom is 0.253 e. The Kier molecular flexibility index (Phi) is 6.14. The van der Waals surface area contributed by atoms with Crippen LogP contribution in [0.1, 0.15) is 10.4 Å². The van der Waals surface area contributed by atoms with Crippen LogP contribution in [0.2, 0.25) is 0 Å². The van der Waals surface area contributed by atoms with Gasteiger partial charge in [0.2, 0.25) is 0 Å². The lowest BCUT2D eigenvalue weighted by Gasteiger charge is -2.20.